The van der Waals surface area contributed by atoms with Gasteiger partial charge in [0.2, 0.25) is 0 Å². The summed E-state index contributed by atoms with van der Waals surface area (Å²) in [5.41, 5.74) is 1.28. The van der Waals surface area contributed by atoms with Crippen LogP contribution in [0.3, 0.4) is 0 Å². The molecule has 1 aromatic rings. The summed E-state index contributed by atoms with van der Waals surface area (Å²) in [6.07, 6.45) is 0. The molecule has 3 nitrogen and oxygen atoms in total. The zero-order chi connectivity index (χ0) is 12.7. The average molecular weight is 236 g/mol. The van der Waals surface area contributed by atoms with Gasteiger partial charge in [-0.3, -0.25) is 0 Å². The van der Waals surface area contributed by atoms with Crippen LogP contribution in [0.2, 0.25) is 0 Å². The molecule has 1 rings (SSSR count). The molecular weight excluding hydrogens is 212 g/mol. The van der Waals surface area contributed by atoms with Gasteiger partial charge in [0.1, 0.15) is 5.75 Å². The van der Waals surface area contributed by atoms with E-state index in [1.54, 1.807) is 0 Å². The third kappa shape index (κ3) is 4.75. The Morgan fingerprint density at radius 3 is 2.65 bits per heavy atom. The standard InChI is InChI=1S/C14H24N2O/c1-5-15-14(11-16(3)4)12-8-7-9-13(10-12)17-6-2/h7-10,14-15H,5-6,11H2,1-4H3. The molecular formula is C14H24N2O. The Morgan fingerprint density at radius 2 is 2.06 bits per heavy atom. The van der Waals surface area contributed by atoms with Crippen LogP contribution in [-0.4, -0.2) is 38.7 Å². The summed E-state index contributed by atoms with van der Waals surface area (Å²) in [6.45, 7) is 6.81. The predicted molar refractivity (Wildman–Crippen MR) is 72.6 cm³/mol. The van der Waals surface area contributed by atoms with Crippen molar-refractivity contribution in [2.45, 2.75) is 19.9 Å². The fourth-order valence-electron chi connectivity index (χ4n) is 1.89. The van der Waals surface area contributed by atoms with Crippen LogP contribution in [0.1, 0.15) is 25.5 Å². The van der Waals surface area contributed by atoms with Crippen LogP contribution in [0.15, 0.2) is 24.3 Å². The topological polar surface area (TPSA) is 24.5 Å². The lowest BCUT2D eigenvalue weighted by Crippen LogP contribution is -2.31. The molecule has 0 bridgehead atoms. The Morgan fingerprint density at radius 1 is 1.29 bits per heavy atom. The van der Waals surface area contributed by atoms with Gasteiger partial charge in [-0.1, -0.05) is 19.1 Å². The highest BCUT2D eigenvalue weighted by atomic mass is 16.5. The fraction of sp³-hybridized carbons (Fsp3) is 0.571. The maximum absolute atomic E-state index is 5.54. The molecule has 0 fully saturated rings. The number of nitrogens with zero attached hydrogens (tertiary/aromatic N) is 1. The van der Waals surface area contributed by atoms with E-state index in [0.29, 0.717) is 12.6 Å². The molecule has 0 spiro atoms. The van der Waals surface area contributed by atoms with Gasteiger partial charge in [-0.2, -0.15) is 0 Å². The highest BCUT2D eigenvalue weighted by Gasteiger charge is 2.11. The third-order valence-electron chi connectivity index (χ3n) is 2.57. The first-order chi connectivity index (χ1) is 8.17. The number of rotatable bonds is 7. The Hall–Kier alpha value is -1.06. The van der Waals surface area contributed by atoms with Gasteiger partial charge in [0, 0.05) is 12.6 Å². The molecule has 17 heavy (non-hydrogen) atoms. The van der Waals surface area contributed by atoms with E-state index in [1.165, 1.54) is 5.56 Å². The Labute approximate surface area is 105 Å². The minimum atomic E-state index is 0.357. The zero-order valence-electron chi connectivity index (χ0n) is 11.4. The van der Waals surface area contributed by atoms with Gasteiger partial charge in [0.15, 0.2) is 0 Å². The van der Waals surface area contributed by atoms with E-state index in [2.05, 4.69) is 49.4 Å². The van der Waals surface area contributed by atoms with E-state index in [9.17, 15) is 0 Å². The van der Waals surface area contributed by atoms with Gasteiger partial charge in [-0.25, -0.2) is 0 Å². The van der Waals surface area contributed by atoms with E-state index in [-0.39, 0.29) is 0 Å². The van der Waals surface area contributed by atoms with Gasteiger partial charge in [0.25, 0.3) is 0 Å². The maximum atomic E-state index is 5.54. The fourth-order valence-corrected chi connectivity index (χ4v) is 1.89. The van der Waals surface area contributed by atoms with E-state index >= 15 is 0 Å². The summed E-state index contributed by atoms with van der Waals surface area (Å²) >= 11 is 0. The quantitative estimate of drug-likeness (QED) is 0.786. The molecule has 0 aliphatic carbocycles. The van der Waals surface area contributed by atoms with Gasteiger partial charge >= 0.3 is 0 Å². The van der Waals surface area contributed by atoms with Crippen molar-refractivity contribution in [1.29, 1.82) is 0 Å². The molecule has 3 heteroatoms. The first kappa shape index (κ1) is 14.0. The molecule has 1 atom stereocenters. The number of nitrogens with one attached hydrogen (secondary N) is 1. The summed E-state index contributed by atoms with van der Waals surface area (Å²) < 4.78 is 5.54. The van der Waals surface area contributed by atoms with Crippen molar-refractivity contribution in [3.8, 4) is 5.75 Å². The summed E-state index contributed by atoms with van der Waals surface area (Å²) in [6, 6.07) is 8.70. The van der Waals surface area contributed by atoms with E-state index in [4.69, 9.17) is 4.74 Å². The molecule has 0 saturated carbocycles. The lowest BCUT2D eigenvalue weighted by molar-refractivity contribution is 0.333. The molecule has 1 unspecified atom stereocenters. The second kappa shape index (κ2) is 7.30. The highest BCUT2D eigenvalue weighted by Crippen LogP contribution is 2.19. The number of hydrogen-bond donors (Lipinski definition) is 1. The molecule has 96 valence electrons. The summed E-state index contributed by atoms with van der Waals surface area (Å²) in [5.74, 6) is 0.951. The van der Waals surface area contributed by atoms with Gasteiger partial charge in [-0.05, 0) is 45.3 Å². The largest absolute Gasteiger partial charge is 0.494 e. The lowest BCUT2D eigenvalue weighted by atomic mass is 10.1. The van der Waals surface area contributed by atoms with Crippen LogP contribution in [0, 0.1) is 0 Å². The number of benzene rings is 1. The van der Waals surface area contributed by atoms with Crippen molar-refractivity contribution in [2.24, 2.45) is 0 Å². The number of hydrogen-bond acceptors (Lipinski definition) is 3. The van der Waals surface area contributed by atoms with Crippen LogP contribution < -0.4 is 10.1 Å². The van der Waals surface area contributed by atoms with E-state index < -0.39 is 0 Å². The van der Waals surface area contributed by atoms with Gasteiger partial charge in [-0.15, -0.1) is 0 Å². The Balaban J connectivity index is 2.81. The minimum absolute atomic E-state index is 0.357. The molecule has 1 aromatic carbocycles. The molecule has 0 radical (unpaired) electrons. The van der Waals surface area contributed by atoms with Crippen molar-refractivity contribution in [1.82, 2.24) is 10.2 Å². The van der Waals surface area contributed by atoms with E-state index in [0.717, 1.165) is 18.8 Å². The van der Waals surface area contributed by atoms with Gasteiger partial charge in [0.05, 0.1) is 6.61 Å². The number of ether oxygens (including phenoxy) is 1. The van der Waals surface area contributed by atoms with Crippen LogP contribution in [0.5, 0.6) is 5.75 Å². The van der Waals surface area contributed by atoms with Crippen molar-refractivity contribution in [3.63, 3.8) is 0 Å². The van der Waals surface area contributed by atoms with Gasteiger partial charge < -0.3 is 15.0 Å². The first-order valence-electron chi connectivity index (χ1n) is 6.28. The van der Waals surface area contributed by atoms with Crippen molar-refractivity contribution >= 4 is 0 Å². The normalized spacial score (nSPS) is 12.8. The highest BCUT2D eigenvalue weighted by molar-refractivity contribution is 5.30. The number of likely N-dealkylation sites (N-methyl/N-ethyl adjacent to an activating group) is 2. The molecule has 0 aliphatic rings. The van der Waals surface area contributed by atoms with Crippen LogP contribution >= 0.6 is 0 Å². The van der Waals surface area contributed by atoms with Crippen molar-refractivity contribution in [3.05, 3.63) is 29.8 Å². The van der Waals surface area contributed by atoms with Crippen molar-refractivity contribution in [2.75, 3.05) is 33.8 Å². The molecule has 0 heterocycles. The van der Waals surface area contributed by atoms with Crippen molar-refractivity contribution < 1.29 is 4.74 Å². The maximum Gasteiger partial charge on any atom is 0.119 e. The molecule has 0 saturated heterocycles. The van der Waals surface area contributed by atoms with Crippen LogP contribution in [0.25, 0.3) is 0 Å². The molecule has 0 aromatic heterocycles. The first-order valence-corrected chi connectivity index (χ1v) is 6.28. The average Bonchev–Trinajstić information content (AvgIpc) is 2.29. The van der Waals surface area contributed by atoms with E-state index in [1.807, 2.05) is 13.0 Å². The molecule has 0 amide bonds. The predicted octanol–water partition coefficient (Wildman–Crippen LogP) is 2.30. The summed E-state index contributed by atoms with van der Waals surface area (Å²) in [4.78, 5) is 2.20. The monoisotopic (exact) mass is 236 g/mol. The lowest BCUT2D eigenvalue weighted by Gasteiger charge is -2.22. The smallest absolute Gasteiger partial charge is 0.119 e. The molecule has 1 N–H and O–H groups in total. The third-order valence-corrected chi connectivity index (χ3v) is 2.57. The van der Waals surface area contributed by atoms with Crippen LogP contribution in [0.4, 0.5) is 0 Å². The Bertz CT molecular complexity index is 326. The molecule has 0 aliphatic heterocycles. The zero-order valence-corrected chi connectivity index (χ0v) is 11.4. The Kier molecular flexibility index (Phi) is 6.01. The summed E-state index contributed by atoms with van der Waals surface area (Å²) in [7, 11) is 4.19. The second-order valence-corrected chi connectivity index (χ2v) is 4.38. The minimum Gasteiger partial charge on any atom is -0.494 e. The summed E-state index contributed by atoms with van der Waals surface area (Å²) in [5, 5.41) is 3.50. The SMILES string of the molecule is CCNC(CN(C)C)c1cccc(OCC)c1. The van der Waals surface area contributed by atoms with Crippen LogP contribution in [-0.2, 0) is 0 Å². The second-order valence-electron chi connectivity index (χ2n) is 4.38.